The monoisotopic (exact) mass is 211 g/mol. The van der Waals surface area contributed by atoms with Gasteiger partial charge in [-0.2, -0.15) is 0 Å². The molecule has 0 amide bonds. The highest BCUT2D eigenvalue weighted by Crippen LogP contribution is 2.28. The number of hydrogen-bond acceptors (Lipinski definition) is 1. The van der Waals surface area contributed by atoms with Crippen molar-refractivity contribution < 1.29 is 0 Å². The molecule has 1 rings (SSSR count). The van der Waals surface area contributed by atoms with E-state index in [9.17, 15) is 0 Å². The molecule has 2 atom stereocenters. The molecule has 0 spiro atoms. The average molecular weight is 211 g/mol. The Morgan fingerprint density at radius 3 is 2.00 bits per heavy atom. The molecule has 1 heteroatoms. The van der Waals surface area contributed by atoms with Crippen molar-refractivity contribution in [2.75, 3.05) is 6.54 Å². The Kier molecular flexibility index (Phi) is 5.66. The molecular weight excluding hydrogens is 182 g/mol. The van der Waals surface area contributed by atoms with Gasteiger partial charge in [-0.25, -0.2) is 0 Å². The maximum Gasteiger partial charge on any atom is 0.00722 e. The van der Waals surface area contributed by atoms with Crippen LogP contribution in [0.1, 0.15) is 59.8 Å². The first-order valence-corrected chi connectivity index (χ1v) is 6.89. The second-order valence-corrected chi connectivity index (χ2v) is 5.71. The Morgan fingerprint density at radius 1 is 1.00 bits per heavy atom. The van der Waals surface area contributed by atoms with Gasteiger partial charge in [0.25, 0.3) is 0 Å². The average Bonchev–Trinajstić information content (AvgIpc) is 2.18. The van der Waals surface area contributed by atoms with E-state index in [-0.39, 0.29) is 0 Å². The molecule has 0 aromatic rings. The Bertz CT molecular complexity index is 153. The van der Waals surface area contributed by atoms with Crippen LogP contribution in [-0.2, 0) is 0 Å². The number of nitrogens with one attached hydrogen (secondary N) is 1. The van der Waals surface area contributed by atoms with Gasteiger partial charge in [0.05, 0.1) is 0 Å². The van der Waals surface area contributed by atoms with E-state index in [0.29, 0.717) is 0 Å². The molecule has 0 aromatic heterocycles. The lowest BCUT2D eigenvalue weighted by atomic mass is 9.80. The molecule has 0 bridgehead atoms. The van der Waals surface area contributed by atoms with Crippen LogP contribution in [0.4, 0.5) is 0 Å². The lowest BCUT2D eigenvalue weighted by Gasteiger charge is -2.33. The van der Waals surface area contributed by atoms with Crippen LogP contribution in [0.25, 0.3) is 0 Å². The molecule has 90 valence electrons. The van der Waals surface area contributed by atoms with Crippen molar-refractivity contribution >= 4 is 0 Å². The molecule has 1 fully saturated rings. The van der Waals surface area contributed by atoms with Gasteiger partial charge in [-0.3, -0.25) is 0 Å². The standard InChI is InChI=1S/C14H29N/c1-5-13(6-2)10-15-14-8-11(3)7-12(4)9-14/h11-15H,5-10H2,1-4H3. The highest BCUT2D eigenvalue weighted by molar-refractivity contribution is 4.80. The number of rotatable bonds is 5. The molecule has 1 aliphatic carbocycles. The van der Waals surface area contributed by atoms with Crippen LogP contribution in [0.2, 0.25) is 0 Å². The molecule has 0 aliphatic heterocycles. The van der Waals surface area contributed by atoms with E-state index in [0.717, 1.165) is 23.8 Å². The van der Waals surface area contributed by atoms with Crippen molar-refractivity contribution in [2.45, 2.75) is 65.8 Å². The summed E-state index contributed by atoms with van der Waals surface area (Å²) in [6.45, 7) is 10.7. The molecule has 15 heavy (non-hydrogen) atoms. The van der Waals surface area contributed by atoms with E-state index >= 15 is 0 Å². The molecule has 2 unspecified atom stereocenters. The highest BCUT2D eigenvalue weighted by Gasteiger charge is 2.23. The molecule has 1 aliphatic rings. The van der Waals surface area contributed by atoms with Crippen LogP contribution in [0, 0.1) is 17.8 Å². The minimum atomic E-state index is 0.796. The van der Waals surface area contributed by atoms with Crippen molar-refractivity contribution in [3.63, 3.8) is 0 Å². The third-order valence-corrected chi connectivity index (χ3v) is 4.03. The third-order valence-electron chi connectivity index (χ3n) is 4.03. The SMILES string of the molecule is CCC(CC)CNC1CC(C)CC(C)C1. The third kappa shape index (κ3) is 4.55. The van der Waals surface area contributed by atoms with Gasteiger partial charge >= 0.3 is 0 Å². The van der Waals surface area contributed by atoms with E-state index in [4.69, 9.17) is 0 Å². The molecule has 1 nitrogen and oxygen atoms in total. The quantitative estimate of drug-likeness (QED) is 0.728. The topological polar surface area (TPSA) is 12.0 Å². The number of hydrogen-bond donors (Lipinski definition) is 1. The van der Waals surface area contributed by atoms with Crippen molar-refractivity contribution in [2.24, 2.45) is 17.8 Å². The lowest BCUT2D eigenvalue weighted by Crippen LogP contribution is -2.38. The van der Waals surface area contributed by atoms with Gasteiger partial charge in [-0.15, -0.1) is 0 Å². The zero-order valence-electron chi connectivity index (χ0n) is 11.1. The molecule has 0 heterocycles. The maximum atomic E-state index is 3.78. The maximum absolute atomic E-state index is 3.78. The first-order chi connectivity index (χ1) is 7.15. The van der Waals surface area contributed by atoms with Gasteiger partial charge in [0.1, 0.15) is 0 Å². The molecular formula is C14H29N. The predicted octanol–water partition coefficient (Wildman–Crippen LogP) is 3.84. The first-order valence-electron chi connectivity index (χ1n) is 6.89. The van der Waals surface area contributed by atoms with Crippen molar-refractivity contribution in [1.82, 2.24) is 5.32 Å². The summed E-state index contributed by atoms with van der Waals surface area (Å²) in [7, 11) is 0. The van der Waals surface area contributed by atoms with E-state index in [1.807, 2.05) is 0 Å². The molecule has 1 N–H and O–H groups in total. The zero-order valence-corrected chi connectivity index (χ0v) is 11.1. The van der Waals surface area contributed by atoms with Crippen molar-refractivity contribution in [3.05, 3.63) is 0 Å². The minimum Gasteiger partial charge on any atom is -0.314 e. The van der Waals surface area contributed by atoms with Crippen LogP contribution >= 0.6 is 0 Å². The van der Waals surface area contributed by atoms with E-state index in [1.165, 1.54) is 38.6 Å². The normalized spacial score (nSPS) is 32.2. The van der Waals surface area contributed by atoms with Crippen molar-refractivity contribution in [1.29, 1.82) is 0 Å². The van der Waals surface area contributed by atoms with Crippen LogP contribution in [-0.4, -0.2) is 12.6 Å². The summed E-state index contributed by atoms with van der Waals surface area (Å²) in [6.07, 6.45) is 6.86. The highest BCUT2D eigenvalue weighted by atomic mass is 14.9. The Morgan fingerprint density at radius 2 is 1.53 bits per heavy atom. The summed E-state index contributed by atoms with van der Waals surface area (Å²) in [5.41, 5.74) is 0. The molecule has 0 radical (unpaired) electrons. The van der Waals surface area contributed by atoms with Gasteiger partial charge in [0.15, 0.2) is 0 Å². The second-order valence-electron chi connectivity index (χ2n) is 5.71. The fraction of sp³-hybridized carbons (Fsp3) is 1.00. The lowest BCUT2D eigenvalue weighted by molar-refractivity contribution is 0.231. The van der Waals surface area contributed by atoms with Gasteiger partial charge < -0.3 is 5.32 Å². The van der Waals surface area contributed by atoms with Crippen LogP contribution < -0.4 is 5.32 Å². The van der Waals surface area contributed by atoms with Gasteiger partial charge in [0, 0.05) is 6.04 Å². The summed E-state index contributed by atoms with van der Waals surface area (Å²) in [6, 6.07) is 0.796. The second kappa shape index (κ2) is 6.52. The van der Waals surface area contributed by atoms with Gasteiger partial charge in [0.2, 0.25) is 0 Å². The Labute approximate surface area is 96.0 Å². The Balaban J connectivity index is 2.25. The van der Waals surface area contributed by atoms with Crippen LogP contribution in [0.5, 0.6) is 0 Å². The summed E-state index contributed by atoms with van der Waals surface area (Å²) in [4.78, 5) is 0. The summed E-state index contributed by atoms with van der Waals surface area (Å²) >= 11 is 0. The van der Waals surface area contributed by atoms with E-state index < -0.39 is 0 Å². The summed E-state index contributed by atoms with van der Waals surface area (Å²) in [5.74, 6) is 2.73. The van der Waals surface area contributed by atoms with Crippen LogP contribution in [0.15, 0.2) is 0 Å². The van der Waals surface area contributed by atoms with E-state index in [2.05, 4.69) is 33.0 Å². The fourth-order valence-electron chi connectivity index (χ4n) is 3.02. The molecule has 1 saturated carbocycles. The minimum absolute atomic E-state index is 0.796. The van der Waals surface area contributed by atoms with Crippen LogP contribution in [0.3, 0.4) is 0 Å². The first kappa shape index (κ1) is 13.0. The summed E-state index contributed by atoms with van der Waals surface area (Å²) in [5, 5.41) is 3.78. The van der Waals surface area contributed by atoms with Gasteiger partial charge in [-0.05, 0) is 43.6 Å². The predicted molar refractivity (Wildman–Crippen MR) is 68.0 cm³/mol. The Hall–Kier alpha value is -0.0400. The van der Waals surface area contributed by atoms with E-state index in [1.54, 1.807) is 0 Å². The zero-order chi connectivity index (χ0) is 11.3. The van der Waals surface area contributed by atoms with Crippen molar-refractivity contribution in [3.8, 4) is 0 Å². The molecule has 0 aromatic carbocycles. The fourth-order valence-corrected chi connectivity index (χ4v) is 3.02. The molecule has 0 saturated heterocycles. The smallest absolute Gasteiger partial charge is 0.00722 e. The summed E-state index contributed by atoms with van der Waals surface area (Å²) < 4.78 is 0. The largest absolute Gasteiger partial charge is 0.314 e. The van der Waals surface area contributed by atoms with Gasteiger partial charge in [-0.1, -0.05) is 40.5 Å².